The second-order valence-electron chi connectivity index (χ2n) is 8.64. The largest absolute Gasteiger partial charge is 0.460 e. The summed E-state index contributed by atoms with van der Waals surface area (Å²) in [5.74, 6) is -0.858. The fraction of sp³-hybridized carbons (Fsp3) is 0.520. The maximum absolute atomic E-state index is 13.2. The van der Waals surface area contributed by atoms with Gasteiger partial charge in [0, 0.05) is 19.8 Å². The molecule has 176 valence electrons. The van der Waals surface area contributed by atoms with E-state index in [4.69, 9.17) is 19.9 Å². The van der Waals surface area contributed by atoms with Crippen LogP contribution in [0.3, 0.4) is 0 Å². The summed E-state index contributed by atoms with van der Waals surface area (Å²) in [7, 11) is 0. The van der Waals surface area contributed by atoms with Gasteiger partial charge < -0.3 is 24.8 Å². The number of esters is 1. The Balaban J connectivity index is 2.21. The predicted octanol–water partition coefficient (Wildman–Crippen LogP) is 3.63. The summed E-state index contributed by atoms with van der Waals surface area (Å²) >= 11 is 0. The number of rotatable bonds is 11. The summed E-state index contributed by atoms with van der Waals surface area (Å²) in [6, 6.07) is 13.1. The lowest BCUT2D eigenvalue weighted by molar-refractivity contribution is -0.163. The summed E-state index contributed by atoms with van der Waals surface area (Å²) in [5, 5.41) is 2.21. The molecular formula is C25H36N2O5. The van der Waals surface area contributed by atoms with Crippen molar-refractivity contribution in [3.8, 4) is 0 Å². The molecule has 2 aromatic carbocycles. The predicted molar refractivity (Wildman–Crippen MR) is 125 cm³/mol. The molecule has 0 radical (unpaired) electrons. The SMILES string of the molecule is CCOC(CN(Cc1ccc2ccccc2c1)C(=O)C(N)CC(=O)OC(C)(C)C)OCC. The Hall–Kier alpha value is -2.48. The van der Waals surface area contributed by atoms with Gasteiger partial charge in [0.05, 0.1) is 19.0 Å². The molecule has 0 fully saturated rings. The number of carbonyl (C=O) groups excluding carboxylic acids is 2. The molecule has 0 saturated heterocycles. The van der Waals surface area contributed by atoms with Crippen LogP contribution in [0.4, 0.5) is 0 Å². The number of carbonyl (C=O) groups is 2. The van der Waals surface area contributed by atoms with Crippen LogP contribution in [-0.4, -0.2) is 54.5 Å². The van der Waals surface area contributed by atoms with Crippen LogP contribution < -0.4 is 5.73 Å². The zero-order valence-corrected chi connectivity index (χ0v) is 19.8. The lowest BCUT2D eigenvalue weighted by Gasteiger charge is -2.30. The van der Waals surface area contributed by atoms with Crippen LogP contribution in [0.1, 0.15) is 46.6 Å². The standard InChI is InChI=1S/C25H36N2O5/c1-6-30-23(31-7-2)17-27(24(29)21(26)15-22(28)32-25(3,4)5)16-18-12-13-19-10-8-9-11-20(19)14-18/h8-14,21,23H,6-7,15-17,26H2,1-5H3. The summed E-state index contributed by atoms with van der Waals surface area (Å²) in [4.78, 5) is 27.0. The molecular weight excluding hydrogens is 408 g/mol. The van der Waals surface area contributed by atoms with E-state index in [2.05, 4.69) is 0 Å². The quantitative estimate of drug-likeness (QED) is 0.420. The molecule has 0 spiro atoms. The summed E-state index contributed by atoms with van der Waals surface area (Å²) in [6.45, 7) is 10.5. The average Bonchev–Trinajstić information content (AvgIpc) is 2.71. The number of nitrogens with zero attached hydrogens (tertiary/aromatic N) is 1. The average molecular weight is 445 g/mol. The van der Waals surface area contributed by atoms with Gasteiger partial charge in [0.25, 0.3) is 0 Å². The third kappa shape index (κ3) is 8.22. The summed E-state index contributed by atoms with van der Waals surface area (Å²) < 4.78 is 16.6. The fourth-order valence-electron chi connectivity index (χ4n) is 3.38. The van der Waals surface area contributed by atoms with E-state index < -0.39 is 23.9 Å². The minimum absolute atomic E-state index is 0.196. The van der Waals surface area contributed by atoms with E-state index in [0.717, 1.165) is 16.3 Å². The van der Waals surface area contributed by atoms with Gasteiger partial charge in [-0.15, -0.1) is 0 Å². The van der Waals surface area contributed by atoms with Crippen molar-refractivity contribution in [3.05, 3.63) is 48.0 Å². The molecule has 0 aliphatic heterocycles. The zero-order valence-electron chi connectivity index (χ0n) is 19.8. The number of fused-ring (bicyclic) bond motifs is 1. The van der Waals surface area contributed by atoms with Gasteiger partial charge in [0.15, 0.2) is 6.29 Å². The van der Waals surface area contributed by atoms with Crippen molar-refractivity contribution in [1.82, 2.24) is 4.90 Å². The number of hydrogen-bond donors (Lipinski definition) is 1. The van der Waals surface area contributed by atoms with Gasteiger partial charge >= 0.3 is 5.97 Å². The van der Waals surface area contributed by atoms with E-state index in [1.807, 2.05) is 56.3 Å². The van der Waals surface area contributed by atoms with Crippen LogP contribution in [0.15, 0.2) is 42.5 Å². The van der Waals surface area contributed by atoms with Crippen molar-refractivity contribution in [2.24, 2.45) is 5.73 Å². The molecule has 0 aliphatic carbocycles. The van der Waals surface area contributed by atoms with Crippen LogP contribution in [-0.2, 0) is 30.3 Å². The molecule has 1 unspecified atom stereocenters. The highest BCUT2D eigenvalue weighted by Gasteiger charge is 2.28. The van der Waals surface area contributed by atoms with E-state index in [-0.39, 0.29) is 18.9 Å². The zero-order chi connectivity index (χ0) is 23.7. The van der Waals surface area contributed by atoms with E-state index in [9.17, 15) is 9.59 Å². The molecule has 0 aromatic heterocycles. The first-order valence-corrected chi connectivity index (χ1v) is 11.1. The minimum Gasteiger partial charge on any atom is -0.460 e. The molecule has 1 atom stereocenters. The molecule has 2 rings (SSSR count). The molecule has 7 nitrogen and oxygen atoms in total. The summed E-state index contributed by atoms with van der Waals surface area (Å²) in [6.07, 6.45) is -0.777. The minimum atomic E-state index is -1.02. The van der Waals surface area contributed by atoms with Crippen LogP contribution in [0.2, 0.25) is 0 Å². The molecule has 0 heterocycles. The van der Waals surface area contributed by atoms with Crippen molar-refractivity contribution in [2.45, 2.75) is 65.5 Å². The van der Waals surface area contributed by atoms with E-state index >= 15 is 0 Å². The number of hydrogen-bond acceptors (Lipinski definition) is 6. The highest BCUT2D eigenvalue weighted by molar-refractivity contribution is 5.87. The van der Waals surface area contributed by atoms with Gasteiger partial charge in [-0.2, -0.15) is 0 Å². The van der Waals surface area contributed by atoms with Crippen molar-refractivity contribution in [3.63, 3.8) is 0 Å². The Morgan fingerprint density at radius 2 is 1.62 bits per heavy atom. The normalized spacial score (nSPS) is 12.7. The monoisotopic (exact) mass is 444 g/mol. The first-order chi connectivity index (χ1) is 15.1. The van der Waals surface area contributed by atoms with Gasteiger partial charge in [-0.1, -0.05) is 36.4 Å². The van der Waals surface area contributed by atoms with E-state index in [0.29, 0.717) is 19.8 Å². The Bertz CT molecular complexity index is 887. The van der Waals surface area contributed by atoms with Gasteiger partial charge in [-0.3, -0.25) is 9.59 Å². The Morgan fingerprint density at radius 1 is 1.00 bits per heavy atom. The van der Waals surface area contributed by atoms with Crippen molar-refractivity contribution in [2.75, 3.05) is 19.8 Å². The maximum Gasteiger partial charge on any atom is 0.308 e. The van der Waals surface area contributed by atoms with E-state index in [1.54, 1.807) is 25.7 Å². The molecule has 0 bridgehead atoms. The van der Waals surface area contributed by atoms with Crippen molar-refractivity contribution >= 4 is 22.6 Å². The summed E-state index contributed by atoms with van der Waals surface area (Å²) in [5.41, 5.74) is 6.44. The Labute approximate surface area is 190 Å². The molecule has 2 aromatic rings. The topological polar surface area (TPSA) is 91.1 Å². The molecule has 2 N–H and O–H groups in total. The first-order valence-electron chi connectivity index (χ1n) is 11.1. The third-order valence-corrected chi connectivity index (χ3v) is 4.70. The van der Waals surface area contributed by atoms with Gasteiger partial charge in [-0.25, -0.2) is 0 Å². The molecule has 0 saturated carbocycles. The lowest BCUT2D eigenvalue weighted by atomic mass is 10.1. The highest BCUT2D eigenvalue weighted by Crippen LogP contribution is 2.18. The third-order valence-electron chi connectivity index (χ3n) is 4.70. The Morgan fingerprint density at radius 3 is 2.22 bits per heavy atom. The van der Waals surface area contributed by atoms with Gasteiger partial charge in [0.1, 0.15) is 5.60 Å². The Kier molecular flexibility index (Phi) is 9.62. The molecule has 32 heavy (non-hydrogen) atoms. The van der Waals surface area contributed by atoms with E-state index in [1.165, 1.54) is 0 Å². The van der Waals surface area contributed by atoms with Crippen LogP contribution >= 0.6 is 0 Å². The van der Waals surface area contributed by atoms with Crippen LogP contribution in [0.25, 0.3) is 10.8 Å². The van der Waals surface area contributed by atoms with Crippen molar-refractivity contribution in [1.29, 1.82) is 0 Å². The molecule has 0 aliphatic rings. The highest BCUT2D eigenvalue weighted by atomic mass is 16.7. The number of amides is 1. The number of benzene rings is 2. The number of ether oxygens (including phenoxy) is 3. The first kappa shape index (κ1) is 25.8. The van der Waals surface area contributed by atoms with Gasteiger partial charge in [-0.05, 0) is 57.0 Å². The fourth-order valence-corrected chi connectivity index (χ4v) is 3.38. The second-order valence-corrected chi connectivity index (χ2v) is 8.64. The van der Waals surface area contributed by atoms with Crippen LogP contribution in [0.5, 0.6) is 0 Å². The molecule has 7 heteroatoms. The number of nitrogens with two attached hydrogens (primary N) is 1. The molecule has 1 amide bonds. The lowest BCUT2D eigenvalue weighted by Crippen LogP contribution is -2.48. The van der Waals surface area contributed by atoms with Gasteiger partial charge in [0.2, 0.25) is 5.91 Å². The maximum atomic E-state index is 13.2. The smallest absolute Gasteiger partial charge is 0.308 e. The van der Waals surface area contributed by atoms with Crippen molar-refractivity contribution < 1.29 is 23.8 Å². The second kappa shape index (κ2) is 11.9. The van der Waals surface area contributed by atoms with Crippen LogP contribution in [0, 0.1) is 0 Å².